The van der Waals surface area contributed by atoms with Gasteiger partial charge in [0, 0.05) is 56.1 Å². The van der Waals surface area contributed by atoms with Gasteiger partial charge in [0.25, 0.3) is 5.91 Å². The van der Waals surface area contributed by atoms with Crippen molar-refractivity contribution in [1.82, 2.24) is 15.2 Å². The van der Waals surface area contributed by atoms with Crippen molar-refractivity contribution in [2.24, 2.45) is 0 Å². The molecule has 2 rings (SSSR count). The van der Waals surface area contributed by atoms with Gasteiger partial charge in [-0.1, -0.05) is 0 Å². The largest absolute Gasteiger partial charge is 0.385 e. The van der Waals surface area contributed by atoms with Crippen LogP contribution in [0.2, 0.25) is 0 Å². The van der Waals surface area contributed by atoms with Crippen molar-refractivity contribution in [3.63, 3.8) is 0 Å². The highest BCUT2D eigenvalue weighted by Gasteiger charge is 2.11. The maximum absolute atomic E-state index is 12.0. The molecule has 0 radical (unpaired) electrons. The predicted octanol–water partition coefficient (Wildman–Crippen LogP) is 1.29. The maximum Gasteiger partial charge on any atom is 0.269 e. The van der Waals surface area contributed by atoms with Gasteiger partial charge in [0.1, 0.15) is 5.69 Å². The summed E-state index contributed by atoms with van der Waals surface area (Å²) in [5, 5.41) is 6.12. The van der Waals surface area contributed by atoms with E-state index < -0.39 is 0 Å². The molecule has 5 nitrogen and oxygen atoms in total. The summed E-state index contributed by atoms with van der Waals surface area (Å²) in [5.74, 6) is 2.29. The molecule has 0 spiro atoms. The molecular formula is C14H22N4OS. The van der Waals surface area contributed by atoms with Gasteiger partial charge in [-0.05, 0) is 19.1 Å². The molecule has 0 saturated carbocycles. The quantitative estimate of drug-likeness (QED) is 0.828. The molecule has 0 atom stereocenters. The smallest absolute Gasteiger partial charge is 0.269 e. The number of pyridine rings is 1. The van der Waals surface area contributed by atoms with E-state index in [0.717, 1.165) is 31.9 Å². The van der Waals surface area contributed by atoms with Crippen molar-refractivity contribution < 1.29 is 4.79 Å². The third-order valence-electron chi connectivity index (χ3n) is 3.19. The number of hydrogen-bond acceptors (Lipinski definition) is 5. The fourth-order valence-electron chi connectivity index (χ4n) is 2.11. The van der Waals surface area contributed by atoms with Crippen molar-refractivity contribution in [3.05, 3.63) is 24.0 Å². The first-order chi connectivity index (χ1) is 9.79. The Morgan fingerprint density at radius 3 is 3.00 bits per heavy atom. The Morgan fingerprint density at radius 1 is 1.45 bits per heavy atom. The number of carbonyl (C=O) groups excluding carboxylic acids is 1. The summed E-state index contributed by atoms with van der Waals surface area (Å²) < 4.78 is 0. The zero-order chi connectivity index (χ0) is 14.2. The molecule has 1 aromatic rings. The molecule has 110 valence electrons. The van der Waals surface area contributed by atoms with Crippen molar-refractivity contribution in [2.75, 3.05) is 49.5 Å². The highest BCUT2D eigenvalue weighted by Crippen LogP contribution is 2.09. The number of carbonyl (C=O) groups is 1. The minimum atomic E-state index is -0.101. The Hall–Kier alpha value is -1.27. The Balaban J connectivity index is 1.77. The molecule has 2 N–H and O–H groups in total. The van der Waals surface area contributed by atoms with Crippen molar-refractivity contribution >= 4 is 23.4 Å². The first-order valence-corrected chi connectivity index (χ1v) is 8.23. The van der Waals surface area contributed by atoms with Gasteiger partial charge in [-0.3, -0.25) is 14.7 Å². The number of thioether (sulfide) groups is 1. The highest BCUT2D eigenvalue weighted by molar-refractivity contribution is 7.99. The average molecular weight is 294 g/mol. The van der Waals surface area contributed by atoms with E-state index in [0.29, 0.717) is 12.2 Å². The number of hydrogen-bond donors (Lipinski definition) is 2. The fourth-order valence-corrected chi connectivity index (χ4v) is 3.09. The second kappa shape index (κ2) is 8.11. The third kappa shape index (κ3) is 4.68. The second-order valence-corrected chi connectivity index (χ2v) is 5.89. The lowest BCUT2D eigenvalue weighted by Crippen LogP contribution is -2.39. The highest BCUT2D eigenvalue weighted by atomic mass is 32.2. The van der Waals surface area contributed by atoms with E-state index in [9.17, 15) is 4.79 Å². The predicted molar refractivity (Wildman–Crippen MR) is 84.5 cm³/mol. The molecule has 0 aromatic carbocycles. The van der Waals surface area contributed by atoms with Crippen LogP contribution in [0, 0.1) is 0 Å². The van der Waals surface area contributed by atoms with Crippen LogP contribution in [-0.2, 0) is 0 Å². The van der Waals surface area contributed by atoms with Crippen LogP contribution < -0.4 is 10.6 Å². The SMILES string of the molecule is CCNc1ccnc(C(=O)NCCN2CCSCC2)c1. The lowest BCUT2D eigenvalue weighted by atomic mass is 10.3. The zero-order valence-electron chi connectivity index (χ0n) is 11.9. The van der Waals surface area contributed by atoms with Gasteiger partial charge in [0.15, 0.2) is 0 Å². The van der Waals surface area contributed by atoms with Crippen LogP contribution in [0.15, 0.2) is 18.3 Å². The molecule has 0 aliphatic carbocycles. The lowest BCUT2D eigenvalue weighted by molar-refractivity contribution is 0.0944. The molecule has 1 fully saturated rings. The zero-order valence-corrected chi connectivity index (χ0v) is 12.7. The molecular weight excluding hydrogens is 272 g/mol. The van der Waals surface area contributed by atoms with Crippen LogP contribution in [0.3, 0.4) is 0 Å². The van der Waals surface area contributed by atoms with Gasteiger partial charge in [0.05, 0.1) is 0 Å². The average Bonchev–Trinajstić information content (AvgIpc) is 2.49. The molecule has 0 bridgehead atoms. The minimum Gasteiger partial charge on any atom is -0.385 e. The van der Waals surface area contributed by atoms with Gasteiger partial charge >= 0.3 is 0 Å². The van der Waals surface area contributed by atoms with Crippen LogP contribution in [-0.4, -0.2) is 60.0 Å². The van der Waals surface area contributed by atoms with E-state index in [2.05, 4.69) is 20.5 Å². The monoisotopic (exact) mass is 294 g/mol. The van der Waals surface area contributed by atoms with Crippen LogP contribution in [0.25, 0.3) is 0 Å². The van der Waals surface area contributed by atoms with Gasteiger partial charge < -0.3 is 10.6 Å². The third-order valence-corrected chi connectivity index (χ3v) is 4.13. The van der Waals surface area contributed by atoms with E-state index >= 15 is 0 Å². The number of anilines is 1. The molecule has 6 heteroatoms. The van der Waals surface area contributed by atoms with Crippen molar-refractivity contribution in [2.45, 2.75) is 6.92 Å². The maximum atomic E-state index is 12.0. The number of nitrogens with zero attached hydrogens (tertiary/aromatic N) is 2. The van der Waals surface area contributed by atoms with E-state index in [1.165, 1.54) is 11.5 Å². The molecule has 1 aromatic heterocycles. The Bertz CT molecular complexity index is 435. The first kappa shape index (κ1) is 15.1. The van der Waals surface area contributed by atoms with Gasteiger partial charge in [0.2, 0.25) is 0 Å². The Labute approximate surface area is 124 Å². The number of aromatic nitrogens is 1. The van der Waals surface area contributed by atoms with Crippen LogP contribution in [0.1, 0.15) is 17.4 Å². The summed E-state index contributed by atoms with van der Waals surface area (Å²) in [6, 6.07) is 3.65. The number of nitrogens with one attached hydrogen (secondary N) is 2. The standard InChI is InChI=1S/C14H22N4OS/c1-2-15-12-3-4-16-13(11-12)14(19)17-5-6-18-7-9-20-10-8-18/h3-4,11H,2,5-10H2,1H3,(H,15,16)(H,17,19). The lowest BCUT2D eigenvalue weighted by Gasteiger charge is -2.25. The van der Waals surface area contributed by atoms with E-state index in [1.54, 1.807) is 12.3 Å². The minimum absolute atomic E-state index is 0.101. The van der Waals surface area contributed by atoms with Crippen LogP contribution in [0.5, 0.6) is 0 Å². The molecule has 1 aliphatic rings. The van der Waals surface area contributed by atoms with Crippen molar-refractivity contribution in [3.8, 4) is 0 Å². The Kier molecular flexibility index (Phi) is 6.14. The van der Waals surface area contributed by atoms with Crippen LogP contribution >= 0.6 is 11.8 Å². The summed E-state index contributed by atoms with van der Waals surface area (Å²) in [6.45, 7) is 6.69. The molecule has 0 unspecified atom stereocenters. The summed E-state index contributed by atoms with van der Waals surface area (Å²) in [6.07, 6.45) is 1.66. The summed E-state index contributed by atoms with van der Waals surface area (Å²) in [4.78, 5) is 18.5. The molecule has 1 aliphatic heterocycles. The molecule has 2 heterocycles. The topological polar surface area (TPSA) is 57.3 Å². The normalized spacial score (nSPS) is 15.8. The van der Waals surface area contributed by atoms with Gasteiger partial charge in [-0.25, -0.2) is 0 Å². The van der Waals surface area contributed by atoms with E-state index in [1.807, 2.05) is 24.8 Å². The first-order valence-electron chi connectivity index (χ1n) is 7.08. The van der Waals surface area contributed by atoms with Crippen LogP contribution in [0.4, 0.5) is 5.69 Å². The summed E-state index contributed by atoms with van der Waals surface area (Å²) in [5.41, 5.74) is 1.40. The van der Waals surface area contributed by atoms with Gasteiger partial charge in [-0.15, -0.1) is 0 Å². The van der Waals surface area contributed by atoms with E-state index in [-0.39, 0.29) is 5.91 Å². The summed E-state index contributed by atoms with van der Waals surface area (Å²) >= 11 is 2.00. The number of rotatable bonds is 6. The number of amides is 1. The second-order valence-electron chi connectivity index (χ2n) is 4.67. The van der Waals surface area contributed by atoms with E-state index in [4.69, 9.17) is 0 Å². The Morgan fingerprint density at radius 2 is 2.25 bits per heavy atom. The van der Waals surface area contributed by atoms with Gasteiger partial charge in [-0.2, -0.15) is 11.8 Å². The molecule has 20 heavy (non-hydrogen) atoms. The molecule has 1 amide bonds. The summed E-state index contributed by atoms with van der Waals surface area (Å²) in [7, 11) is 0. The fraction of sp³-hybridized carbons (Fsp3) is 0.571. The molecule has 1 saturated heterocycles. The van der Waals surface area contributed by atoms with Crippen molar-refractivity contribution in [1.29, 1.82) is 0 Å².